The molecule has 2 amide bonds. The molecular weight excluding hydrogens is 498 g/mol. The Morgan fingerprint density at radius 2 is 1.55 bits per heavy atom. The Morgan fingerprint density at radius 3 is 2.13 bits per heavy atom. The highest BCUT2D eigenvalue weighted by Crippen LogP contribution is 2.39. The third-order valence-corrected chi connectivity index (χ3v) is 7.55. The van der Waals surface area contributed by atoms with E-state index in [1.165, 1.54) is 12.4 Å². The Labute approximate surface area is 219 Å². The first-order chi connectivity index (χ1) is 18.2. The maximum Gasteiger partial charge on any atom is 0.410 e. The van der Waals surface area contributed by atoms with E-state index in [-0.39, 0.29) is 41.5 Å². The quantitative estimate of drug-likeness (QED) is 0.606. The van der Waals surface area contributed by atoms with E-state index >= 15 is 0 Å². The van der Waals surface area contributed by atoms with Crippen molar-refractivity contribution in [2.45, 2.75) is 57.2 Å². The molecule has 3 aliphatic rings. The predicted octanol–water partition coefficient (Wildman–Crippen LogP) is 3.80. The van der Waals surface area contributed by atoms with Crippen molar-refractivity contribution in [3.05, 3.63) is 42.0 Å². The van der Waals surface area contributed by atoms with Gasteiger partial charge in [-0.15, -0.1) is 0 Å². The molecular formula is C27H32F2N4O5. The fourth-order valence-electron chi connectivity index (χ4n) is 4.70. The highest BCUT2D eigenvalue weighted by Gasteiger charge is 2.43. The number of likely N-dealkylation sites (tertiary alicyclic amines) is 2. The molecule has 204 valence electrons. The van der Waals surface area contributed by atoms with Gasteiger partial charge >= 0.3 is 6.09 Å². The number of aliphatic hydroxyl groups excluding tert-OH is 1. The number of nitrogens with zero attached hydrogens (tertiary/aromatic N) is 4. The van der Waals surface area contributed by atoms with E-state index < -0.39 is 23.5 Å². The van der Waals surface area contributed by atoms with Gasteiger partial charge in [0.05, 0.1) is 12.7 Å². The van der Waals surface area contributed by atoms with Gasteiger partial charge in [-0.25, -0.2) is 23.5 Å². The molecule has 2 aliphatic heterocycles. The summed E-state index contributed by atoms with van der Waals surface area (Å²) in [6, 6.07) is 2.31. The standard InChI is InChI=1S/C27H32F2N4O5/c1-27(6-7-27)38-26(36)33-8-2-17(3-9-33)16-37-23-21(28)12-18(13-22(23)29)19-14-30-24(31-15-19)25(35)32-10-4-20(34)5-11-32/h12-15,17,20,34H,2-11,16H2,1H3. The van der Waals surface area contributed by atoms with Crippen LogP contribution in [-0.2, 0) is 4.74 Å². The number of aromatic nitrogens is 2. The molecule has 0 bridgehead atoms. The monoisotopic (exact) mass is 530 g/mol. The molecule has 0 spiro atoms. The third-order valence-electron chi connectivity index (χ3n) is 7.55. The van der Waals surface area contributed by atoms with Crippen molar-refractivity contribution in [1.29, 1.82) is 0 Å². The molecule has 1 aliphatic carbocycles. The van der Waals surface area contributed by atoms with Gasteiger partial charge in [-0.1, -0.05) is 0 Å². The second kappa shape index (κ2) is 10.8. The van der Waals surface area contributed by atoms with Gasteiger partial charge in [0.25, 0.3) is 5.91 Å². The van der Waals surface area contributed by atoms with E-state index in [9.17, 15) is 23.5 Å². The lowest BCUT2D eigenvalue weighted by Crippen LogP contribution is -2.41. The molecule has 9 nitrogen and oxygen atoms in total. The Morgan fingerprint density at radius 1 is 0.974 bits per heavy atom. The van der Waals surface area contributed by atoms with Gasteiger partial charge in [0.1, 0.15) is 5.60 Å². The number of carbonyl (C=O) groups excluding carboxylic acids is 2. The molecule has 0 atom stereocenters. The summed E-state index contributed by atoms with van der Waals surface area (Å²) < 4.78 is 40.6. The van der Waals surface area contributed by atoms with Gasteiger partial charge in [0, 0.05) is 44.1 Å². The van der Waals surface area contributed by atoms with Crippen LogP contribution < -0.4 is 4.74 Å². The molecule has 38 heavy (non-hydrogen) atoms. The van der Waals surface area contributed by atoms with Crippen molar-refractivity contribution in [3.8, 4) is 16.9 Å². The number of amides is 2. The van der Waals surface area contributed by atoms with Gasteiger partial charge in [-0.2, -0.15) is 0 Å². The van der Waals surface area contributed by atoms with Crippen LogP contribution in [0.25, 0.3) is 11.1 Å². The van der Waals surface area contributed by atoms with Gasteiger partial charge in [-0.3, -0.25) is 4.79 Å². The molecule has 1 saturated carbocycles. The molecule has 0 unspecified atom stereocenters. The summed E-state index contributed by atoms with van der Waals surface area (Å²) in [5.74, 6) is -2.42. The molecule has 1 aromatic carbocycles. The molecule has 0 radical (unpaired) electrons. The van der Waals surface area contributed by atoms with E-state index in [4.69, 9.17) is 9.47 Å². The summed E-state index contributed by atoms with van der Waals surface area (Å²) in [5.41, 5.74) is 0.269. The second-order valence-electron chi connectivity index (χ2n) is 10.6. The maximum atomic E-state index is 14.8. The van der Waals surface area contributed by atoms with Crippen LogP contribution in [0.3, 0.4) is 0 Å². The van der Waals surface area contributed by atoms with Gasteiger partial charge in [0.15, 0.2) is 17.4 Å². The molecule has 3 fully saturated rings. The number of hydrogen-bond donors (Lipinski definition) is 1. The zero-order valence-corrected chi connectivity index (χ0v) is 21.4. The first kappa shape index (κ1) is 26.3. The Bertz CT molecular complexity index is 1150. The van der Waals surface area contributed by atoms with Crippen molar-refractivity contribution < 1.29 is 33.0 Å². The SMILES string of the molecule is CC1(OC(=O)N2CCC(COc3c(F)cc(-c4cnc(C(=O)N5CCC(O)CC5)nc4)cc3F)CC2)CC1. The minimum Gasteiger partial charge on any atom is -0.487 e. The number of hydrogen-bond acceptors (Lipinski definition) is 7. The normalized spacial score (nSPS) is 19.8. The number of piperidine rings is 2. The number of benzene rings is 1. The largest absolute Gasteiger partial charge is 0.487 e. The first-order valence-corrected chi connectivity index (χ1v) is 13.1. The summed E-state index contributed by atoms with van der Waals surface area (Å²) in [6.07, 6.45) is 6.12. The van der Waals surface area contributed by atoms with Crippen LogP contribution in [0.2, 0.25) is 0 Å². The molecule has 1 aromatic heterocycles. The van der Waals surface area contributed by atoms with E-state index in [0.29, 0.717) is 57.4 Å². The minimum atomic E-state index is -0.842. The summed E-state index contributed by atoms with van der Waals surface area (Å²) in [4.78, 5) is 36.3. The Kier molecular flexibility index (Phi) is 7.47. The highest BCUT2D eigenvalue weighted by atomic mass is 19.1. The highest BCUT2D eigenvalue weighted by molar-refractivity contribution is 5.90. The number of carbonyl (C=O) groups is 2. The molecule has 1 N–H and O–H groups in total. The average Bonchev–Trinajstić information content (AvgIpc) is 3.64. The summed E-state index contributed by atoms with van der Waals surface area (Å²) in [5, 5.41) is 9.61. The zero-order chi connectivity index (χ0) is 26.9. The van der Waals surface area contributed by atoms with E-state index in [0.717, 1.165) is 25.0 Å². The van der Waals surface area contributed by atoms with Crippen LogP contribution in [0.5, 0.6) is 5.75 Å². The van der Waals surface area contributed by atoms with E-state index in [1.54, 1.807) is 9.80 Å². The molecule has 11 heteroatoms. The van der Waals surface area contributed by atoms with Crippen molar-refractivity contribution in [3.63, 3.8) is 0 Å². The van der Waals surface area contributed by atoms with Crippen molar-refractivity contribution >= 4 is 12.0 Å². The third kappa shape index (κ3) is 6.03. The van der Waals surface area contributed by atoms with Crippen molar-refractivity contribution in [2.24, 2.45) is 5.92 Å². The zero-order valence-electron chi connectivity index (χ0n) is 21.4. The van der Waals surface area contributed by atoms with Gasteiger partial charge < -0.3 is 24.4 Å². The lowest BCUT2D eigenvalue weighted by atomic mass is 9.98. The molecule has 3 heterocycles. The fourth-order valence-corrected chi connectivity index (χ4v) is 4.70. The lowest BCUT2D eigenvalue weighted by Gasteiger charge is -2.32. The number of ether oxygens (including phenoxy) is 2. The van der Waals surface area contributed by atoms with Crippen molar-refractivity contribution in [1.82, 2.24) is 19.8 Å². The molecule has 5 rings (SSSR count). The first-order valence-electron chi connectivity index (χ1n) is 13.1. The van der Waals surface area contributed by atoms with Crippen LogP contribution in [0, 0.1) is 17.6 Å². The van der Waals surface area contributed by atoms with E-state index in [1.807, 2.05) is 6.92 Å². The summed E-state index contributed by atoms with van der Waals surface area (Å²) >= 11 is 0. The maximum absolute atomic E-state index is 14.8. The minimum absolute atomic E-state index is 0.00733. The average molecular weight is 531 g/mol. The summed E-state index contributed by atoms with van der Waals surface area (Å²) in [7, 11) is 0. The van der Waals surface area contributed by atoms with Gasteiger partial charge in [-0.05, 0) is 69.1 Å². The van der Waals surface area contributed by atoms with Crippen molar-refractivity contribution in [2.75, 3.05) is 32.8 Å². The van der Waals surface area contributed by atoms with Crippen LogP contribution in [0.1, 0.15) is 56.1 Å². The number of halogens is 2. The predicted molar refractivity (Wildman–Crippen MR) is 132 cm³/mol. The lowest BCUT2D eigenvalue weighted by molar-refractivity contribution is 0.0452. The topological polar surface area (TPSA) is 105 Å². The summed E-state index contributed by atoms with van der Waals surface area (Å²) in [6.45, 7) is 3.95. The van der Waals surface area contributed by atoms with Gasteiger partial charge in [0.2, 0.25) is 5.82 Å². The molecule has 2 aromatic rings. The van der Waals surface area contributed by atoms with Crippen LogP contribution in [0.4, 0.5) is 13.6 Å². The number of rotatable bonds is 6. The van der Waals surface area contributed by atoms with Crippen LogP contribution in [0.15, 0.2) is 24.5 Å². The second-order valence-corrected chi connectivity index (χ2v) is 10.6. The van der Waals surface area contributed by atoms with Crippen LogP contribution in [-0.4, -0.2) is 81.4 Å². The van der Waals surface area contributed by atoms with E-state index in [2.05, 4.69) is 9.97 Å². The number of aliphatic hydroxyl groups is 1. The Hall–Kier alpha value is -3.34. The molecule has 2 saturated heterocycles. The smallest absolute Gasteiger partial charge is 0.410 e. The van der Waals surface area contributed by atoms with Crippen LogP contribution >= 0.6 is 0 Å². The fraction of sp³-hybridized carbons (Fsp3) is 0.556. The Balaban J connectivity index is 1.15.